The number of allylic oxidation sites excluding steroid dienone is 2. The molecular formula is C23H33ClO. The molecule has 1 aromatic rings. The SMILES string of the molecule is CCCCCC/C=C(/C(=O)Cl)c1ccc2c(c1)C(C)(C)CCC2(C)C. The van der Waals surface area contributed by atoms with Crippen molar-refractivity contribution in [2.75, 3.05) is 0 Å². The van der Waals surface area contributed by atoms with Crippen LogP contribution in [0.3, 0.4) is 0 Å². The molecule has 0 aliphatic heterocycles. The number of carbonyl (C=O) groups is 1. The molecule has 0 spiro atoms. The second-order valence-corrected chi connectivity index (χ2v) is 9.11. The number of benzene rings is 1. The molecule has 0 heterocycles. The van der Waals surface area contributed by atoms with E-state index in [-0.39, 0.29) is 16.1 Å². The monoisotopic (exact) mass is 360 g/mol. The van der Waals surface area contributed by atoms with E-state index in [9.17, 15) is 4.79 Å². The molecule has 2 rings (SSSR count). The number of rotatable bonds is 7. The predicted molar refractivity (Wildman–Crippen MR) is 109 cm³/mol. The first-order chi connectivity index (χ1) is 11.7. The molecular weight excluding hydrogens is 328 g/mol. The Morgan fingerprint density at radius 1 is 1.04 bits per heavy atom. The van der Waals surface area contributed by atoms with Crippen LogP contribution in [0.25, 0.3) is 5.57 Å². The molecule has 0 amide bonds. The molecule has 0 radical (unpaired) electrons. The van der Waals surface area contributed by atoms with Crippen LogP contribution < -0.4 is 0 Å². The second-order valence-electron chi connectivity index (χ2n) is 8.77. The molecule has 1 aliphatic carbocycles. The average molecular weight is 361 g/mol. The standard InChI is InChI=1S/C23H33ClO/c1-6-7-8-9-10-11-18(21(24)25)17-12-13-19-20(16-17)23(4,5)15-14-22(19,2)3/h11-13,16H,6-10,14-15H2,1-5H3/b18-11+. The van der Waals surface area contributed by atoms with E-state index < -0.39 is 0 Å². The van der Waals surface area contributed by atoms with E-state index in [0.717, 1.165) is 18.4 Å². The zero-order valence-electron chi connectivity index (χ0n) is 16.5. The summed E-state index contributed by atoms with van der Waals surface area (Å²) in [5.74, 6) is 0. The van der Waals surface area contributed by atoms with Crippen molar-refractivity contribution in [2.24, 2.45) is 0 Å². The molecule has 0 N–H and O–H groups in total. The third kappa shape index (κ3) is 4.76. The Kier molecular flexibility index (Phi) is 6.54. The third-order valence-electron chi connectivity index (χ3n) is 5.78. The van der Waals surface area contributed by atoms with Gasteiger partial charge in [0.05, 0.1) is 0 Å². The summed E-state index contributed by atoms with van der Waals surface area (Å²) in [6.45, 7) is 11.5. The van der Waals surface area contributed by atoms with E-state index in [4.69, 9.17) is 11.6 Å². The van der Waals surface area contributed by atoms with E-state index >= 15 is 0 Å². The minimum atomic E-state index is -0.344. The molecule has 138 valence electrons. The van der Waals surface area contributed by atoms with Crippen molar-refractivity contribution in [1.82, 2.24) is 0 Å². The molecule has 0 atom stereocenters. The van der Waals surface area contributed by atoms with Crippen LogP contribution in [0.4, 0.5) is 0 Å². The quantitative estimate of drug-likeness (QED) is 0.286. The molecule has 0 saturated carbocycles. The van der Waals surface area contributed by atoms with Crippen LogP contribution in [0.2, 0.25) is 0 Å². The van der Waals surface area contributed by atoms with Crippen LogP contribution in [0.1, 0.15) is 96.3 Å². The molecule has 2 heteroatoms. The first-order valence-electron chi connectivity index (χ1n) is 9.74. The fourth-order valence-corrected chi connectivity index (χ4v) is 4.07. The Hall–Kier alpha value is -1.08. The van der Waals surface area contributed by atoms with Crippen LogP contribution in [-0.2, 0) is 15.6 Å². The van der Waals surface area contributed by atoms with E-state index in [1.54, 1.807) is 0 Å². The van der Waals surface area contributed by atoms with Gasteiger partial charge in [-0.15, -0.1) is 0 Å². The van der Waals surface area contributed by atoms with Gasteiger partial charge in [-0.3, -0.25) is 4.79 Å². The zero-order chi connectivity index (χ0) is 18.7. The lowest BCUT2D eigenvalue weighted by Gasteiger charge is -2.42. The lowest BCUT2D eigenvalue weighted by molar-refractivity contribution is -0.106. The number of unbranched alkanes of at least 4 members (excludes halogenated alkanes) is 4. The van der Waals surface area contributed by atoms with Gasteiger partial charge in [-0.1, -0.05) is 78.2 Å². The number of fused-ring (bicyclic) bond motifs is 1. The van der Waals surface area contributed by atoms with Crippen molar-refractivity contribution in [3.05, 3.63) is 41.0 Å². The summed E-state index contributed by atoms with van der Waals surface area (Å²) in [5.41, 5.74) is 4.76. The maximum atomic E-state index is 12.0. The molecule has 0 saturated heterocycles. The van der Waals surface area contributed by atoms with Crippen molar-refractivity contribution in [3.63, 3.8) is 0 Å². The van der Waals surface area contributed by atoms with Gasteiger partial charge >= 0.3 is 0 Å². The zero-order valence-corrected chi connectivity index (χ0v) is 17.3. The largest absolute Gasteiger partial charge is 0.276 e. The van der Waals surface area contributed by atoms with Crippen molar-refractivity contribution < 1.29 is 4.79 Å². The Labute approximate surface area is 158 Å². The first kappa shape index (κ1) is 20.2. The van der Waals surface area contributed by atoms with Gasteiger partial charge in [0.25, 0.3) is 5.24 Å². The number of halogens is 1. The fraction of sp³-hybridized carbons (Fsp3) is 0.609. The molecule has 1 nitrogen and oxygen atoms in total. The van der Waals surface area contributed by atoms with Gasteiger partial charge in [-0.05, 0) is 64.8 Å². The van der Waals surface area contributed by atoms with Crippen LogP contribution in [-0.4, -0.2) is 5.24 Å². The Bertz CT molecular complexity index is 652. The van der Waals surface area contributed by atoms with E-state index in [1.807, 2.05) is 6.08 Å². The van der Waals surface area contributed by atoms with E-state index in [0.29, 0.717) is 5.57 Å². The van der Waals surface area contributed by atoms with Crippen molar-refractivity contribution in [3.8, 4) is 0 Å². The van der Waals surface area contributed by atoms with Gasteiger partial charge in [0.2, 0.25) is 0 Å². The molecule has 1 aromatic carbocycles. The minimum Gasteiger partial charge on any atom is -0.276 e. The highest BCUT2D eigenvalue weighted by molar-refractivity contribution is 6.74. The average Bonchev–Trinajstić information content (AvgIpc) is 2.55. The van der Waals surface area contributed by atoms with Crippen molar-refractivity contribution >= 4 is 22.4 Å². The number of carbonyl (C=O) groups excluding carboxylic acids is 1. The second kappa shape index (κ2) is 8.08. The molecule has 25 heavy (non-hydrogen) atoms. The van der Waals surface area contributed by atoms with Gasteiger partial charge in [0, 0.05) is 5.57 Å². The van der Waals surface area contributed by atoms with Gasteiger partial charge in [0.15, 0.2) is 0 Å². The lowest BCUT2D eigenvalue weighted by Crippen LogP contribution is -2.33. The summed E-state index contributed by atoms with van der Waals surface area (Å²) in [6, 6.07) is 6.52. The highest BCUT2D eigenvalue weighted by atomic mass is 35.5. The Balaban J connectivity index is 2.34. The van der Waals surface area contributed by atoms with Gasteiger partial charge in [-0.2, -0.15) is 0 Å². The summed E-state index contributed by atoms with van der Waals surface area (Å²) in [4.78, 5) is 12.0. The topological polar surface area (TPSA) is 17.1 Å². The number of hydrogen-bond acceptors (Lipinski definition) is 1. The van der Waals surface area contributed by atoms with Crippen LogP contribution in [0.5, 0.6) is 0 Å². The van der Waals surface area contributed by atoms with Crippen molar-refractivity contribution in [2.45, 2.75) is 90.4 Å². The van der Waals surface area contributed by atoms with Crippen molar-refractivity contribution in [1.29, 1.82) is 0 Å². The maximum Gasteiger partial charge on any atom is 0.252 e. The van der Waals surface area contributed by atoms with E-state index in [2.05, 4.69) is 52.8 Å². The molecule has 1 aliphatic rings. The summed E-state index contributed by atoms with van der Waals surface area (Å²) in [6.07, 6.45) is 10.1. The van der Waals surface area contributed by atoms with Gasteiger partial charge in [0.1, 0.15) is 0 Å². The Morgan fingerprint density at radius 2 is 1.68 bits per heavy atom. The molecule has 0 aromatic heterocycles. The van der Waals surface area contributed by atoms with Crippen LogP contribution >= 0.6 is 11.6 Å². The molecule has 0 bridgehead atoms. The predicted octanol–water partition coefficient (Wildman–Crippen LogP) is 7.15. The first-order valence-corrected chi connectivity index (χ1v) is 10.1. The molecule has 0 fully saturated rings. The van der Waals surface area contributed by atoms with Gasteiger partial charge in [-0.25, -0.2) is 0 Å². The minimum absolute atomic E-state index is 0.141. The highest BCUT2D eigenvalue weighted by Gasteiger charge is 2.37. The summed E-state index contributed by atoms with van der Waals surface area (Å²) >= 11 is 5.92. The third-order valence-corrected chi connectivity index (χ3v) is 5.99. The number of hydrogen-bond donors (Lipinski definition) is 0. The lowest BCUT2D eigenvalue weighted by atomic mass is 9.63. The maximum absolute atomic E-state index is 12.0. The molecule has 0 unspecified atom stereocenters. The summed E-state index contributed by atoms with van der Waals surface area (Å²) in [7, 11) is 0. The summed E-state index contributed by atoms with van der Waals surface area (Å²) < 4.78 is 0. The van der Waals surface area contributed by atoms with Gasteiger partial charge < -0.3 is 0 Å². The van der Waals surface area contributed by atoms with E-state index in [1.165, 1.54) is 43.2 Å². The summed E-state index contributed by atoms with van der Waals surface area (Å²) in [5, 5.41) is -0.344. The van der Waals surface area contributed by atoms with Crippen LogP contribution in [0, 0.1) is 0 Å². The smallest absolute Gasteiger partial charge is 0.252 e. The normalized spacial score (nSPS) is 18.7. The Morgan fingerprint density at radius 3 is 2.28 bits per heavy atom. The van der Waals surface area contributed by atoms with Crippen LogP contribution in [0.15, 0.2) is 24.3 Å². The highest BCUT2D eigenvalue weighted by Crippen LogP contribution is 2.46. The fourth-order valence-electron chi connectivity index (χ4n) is 3.89.